The minimum absolute atomic E-state index is 0.0101. The molecule has 122 valence electrons. The lowest BCUT2D eigenvalue weighted by atomic mass is 10.2. The van der Waals surface area contributed by atoms with Gasteiger partial charge in [-0.25, -0.2) is 4.79 Å². The fourth-order valence-corrected chi connectivity index (χ4v) is 2.13. The Labute approximate surface area is 133 Å². The molecule has 0 amide bonds. The monoisotopic (exact) mass is 316 g/mol. The molecule has 3 N–H and O–H groups in total. The second kappa shape index (κ2) is 7.44. The van der Waals surface area contributed by atoms with E-state index in [2.05, 4.69) is 15.5 Å². The van der Waals surface area contributed by atoms with Gasteiger partial charge in [-0.1, -0.05) is 31.5 Å². The smallest absolute Gasteiger partial charge is 0.331 e. The number of anilines is 1. The lowest BCUT2D eigenvalue weighted by molar-refractivity contribution is 0.394. The van der Waals surface area contributed by atoms with Gasteiger partial charge in [0.05, 0.1) is 11.4 Å². The third-order valence-corrected chi connectivity index (χ3v) is 3.40. The Hall–Kier alpha value is -2.83. The van der Waals surface area contributed by atoms with Gasteiger partial charge < -0.3 is 5.11 Å². The zero-order chi connectivity index (χ0) is 16.8. The molecule has 0 fully saturated rings. The van der Waals surface area contributed by atoms with E-state index in [1.807, 2.05) is 37.3 Å². The number of nitrogens with zero attached hydrogens (tertiary/aromatic N) is 2. The molecule has 0 aliphatic rings. The van der Waals surface area contributed by atoms with Crippen molar-refractivity contribution in [2.24, 2.45) is 5.10 Å². The second-order valence-corrected chi connectivity index (χ2v) is 5.14. The van der Waals surface area contributed by atoms with Crippen molar-refractivity contribution in [1.29, 1.82) is 0 Å². The SMILES string of the molecule is CCCCn1c(O)c(C(C)=NNc2ccccc2)c(=O)[nH]c1=O. The summed E-state index contributed by atoms with van der Waals surface area (Å²) in [6.45, 7) is 3.91. The van der Waals surface area contributed by atoms with E-state index in [0.29, 0.717) is 6.54 Å². The minimum atomic E-state index is -0.656. The van der Waals surface area contributed by atoms with Gasteiger partial charge in [-0.05, 0) is 25.5 Å². The second-order valence-electron chi connectivity index (χ2n) is 5.14. The van der Waals surface area contributed by atoms with Crippen LogP contribution in [0.3, 0.4) is 0 Å². The van der Waals surface area contributed by atoms with Crippen molar-refractivity contribution in [1.82, 2.24) is 9.55 Å². The molecule has 0 saturated carbocycles. The predicted molar refractivity (Wildman–Crippen MR) is 90.2 cm³/mol. The Kier molecular flexibility index (Phi) is 5.35. The van der Waals surface area contributed by atoms with Crippen molar-refractivity contribution < 1.29 is 5.11 Å². The quantitative estimate of drug-likeness (QED) is 0.559. The highest BCUT2D eigenvalue weighted by Crippen LogP contribution is 2.13. The van der Waals surface area contributed by atoms with E-state index in [0.717, 1.165) is 23.1 Å². The normalized spacial score (nSPS) is 11.5. The van der Waals surface area contributed by atoms with Crippen LogP contribution in [0, 0.1) is 0 Å². The van der Waals surface area contributed by atoms with E-state index in [-0.39, 0.29) is 17.2 Å². The van der Waals surface area contributed by atoms with Crippen molar-refractivity contribution in [3.8, 4) is 5.88 Å². The number of rotatable bonds is 6. The number of hydrazone groups is 1. The first-order chi connectivity index (χ1) is 11.0. The zero-order valence-corrected chi connectivity index (χ0v) is 13.2. The summed E-state index contributed by atoms with van der Waals surface area (Å²) < 4.78 is 1.15. The van der Waals surface area contributed by atoms with Crippen LogP contribution in [0.15, 0.2) is 45.0 Å². The number of aromatic nitrogens is 2. The summed E-state index contributed by atoms with van der Waals surface area (Å²) in [5, 5.41) is 14.4. The van der Waals surface area contributed by atoms with E-state index in [4.69, 9.17) is 0 Å². The molecule has 0 atom stereocenters. The molecule has 7 heteroatoms. The molecule has 0 aliphatic heterocycles. The molecule has 1 aromatic heterocycles. The Morgan fingerprint density at radius 1 is 1.30 bits per heavy atom. The number of benzene rings is 1. The molecule has 1 aromatic carbocycles. The summed E-state index contributed by atoms with van der Waals surface area (Å²) in [7, 11) is 0. The van der Waals surface area contributed by atoms with E-state index in [9.17, 15) is 14.7 Å². The summed E-state index contributed by atoms with van der Waals surface area (Å²) >= 11 is 0. The third-order valence-electron chi connectivity index (χ3n) is 3.40. The maximum atomic E-state index is 12.0. The molecule has 0 aliphatic carbocycles. The number of unbranched alkanes of at least 4 members (excludes halogenated alkanes) is 1. The van der Waals surface area contributed by atoms with Crippen molar-refractivity contribution >= 4 is 11.4 Å². The van der Waals surface area contributed by atoms with Crippen LogP contribution in [0.2, 0.25) is 0 Å². The topological polar surface area (TPSA) is 99.5 Å². The van der Waals surface area contributed by atoms with Crippen LogP contribution in [0.5, 0.6) is 5.88 Å². The van der Waals surface area contributed by atoms with Gasteiger partial charge in [0.25, 0.3) is 5.56 Å². The number of para-hydroxylation sites is 1. The minimum Gasteiger partial charge on any atom is -0.494 e. The van der Waals surface area contributed by atoms with Crippen molar-refractivity contribution in [2.45, 2.75) is 33.2 Å². The molecular weight excluding hydrogens is 296 g/mol. The zero-order valence-electron chi connectivity index (χ0n) is 13.2. The van der Waals surface area contributed by atoms with Crippen LogP contribution in [0.1, 0.15) is 32.3 Å². The molecule has 0 unspecified atom stereocenters. The first-order valence-electron chi connectivity index (χ1n) is 7.46. The number of H-pyrrole nitrogens is 1. The summed E-state index contributed by atoms with van der Waals surface area (Å²) in [5.41, 5.74) is 2.57. The van der Waals surface area contributed by atoms with Crippen LogP contribution >= 0.6 is 0 Å². The van der Waals surface area contributed by atoms with Gasteiger partial charge in [0.2, 0.25) is 5.88 Å². The third kappa shape index (κ3) is 3.88. The fourth-order valence-electron chi connectivity index (χ4n) is 2.13. The number of aromatic hydroxyl groups is 1. The molecular formula is C16H20N4O3. The Balaban J connectivity index is 2.38. The molecule has 1 heterocycles. The van der Waals surface area contributed by atoms with Crippen molar-refractivity contribution in [3.63, 3.8) is 0 Å². The summed E-state index contributed by atoms with van der Waals surface area (Å²) in [6, 6.07) is 9.22. The highest BCUT2D eigenvalue weighted by Gasteiger charge is 2.16. The van der Waals surface area contributed by atoms with Gasteiger partial charge in [0.15, 0.2) is 0 Å². The Morgan fingerprint density at radius 3 is 2.65 bits per heavy atom. The predicted octanol–water partition coefficient (Wildman–Crippen LogP) is 1.88. The maximum absolute atomic E-state index is 12.0. The van der Waals surface area contributed by atoms with Gasteiger partial charge in [0.1, 0.15) is 5.56 Å². The number of hydrogen-bond donors (Lipinski definition) is 3. The van der Waals surface area contributed by atoms with E-state index in [1.54, 1.807) is 6.92 Å². The van der Waals surface area contributed by atoms with Gasteiger partial charge in [-0.15, -0.1) is 0 Å². The van der Waals surface area contributed by atoms with Crippen molar-refractivity contribution in [3.05, 3.63) is 56.7 Å². The molecule has 7 nitrogen and oxygen atoms in total. The van der Waals surface area contributed by atoms with E-state index >= 15 is 0 Å². The fraction of sp³-hybridized carbons (Fsp3) is 0.312. The lowest BCUT2D eigenvalue weighted by Crippen LogP contribution is -2.33. The average molecular weight is 316 g/mol. The van der Waals surface area contributed by atoms with Crippen LogP contribution in [-0.4, -0.2) is 20.4 Å². The Morgan fingerprint density at radius 2 is 2.00 bits per heavy atom. The highest BCUT2D eigenvalue weighted by atomic mass is 16.3. The van der Waals surface area contributed by atoms with Gasteiger partial charge in [0, 0.05) is 6.54 Å². The molecule has 2 rings (SSSR count). The van der Waals surface area contributed by atoms with Crippen LogP contribution < -0.4 is 16.7 Å². The molecule has 0 saturated heterocycles. The molecule has 23 heavy (non-hydrogen) atoms. The van der Waals surface area contributed by atoms with E-state index in [1.165, 1.54) is 0 Å². The lowest BCUT2D eigenvalue weighted by Gasteiger charge is -2.11. The largest absolute Gasteiger partial charge is 0.494 e. The highest BCUT2D eigenvalue weighted by molar-refractivity contribution is 6.00. The number of aromatic amines is 1. The summed E-state index contributed by atoms with van der Waals surface area (Å²) in [5.74, 6) is -0.358. The number of nitrogens with one attached hydrogen (secondary N) is 2. The van der Waals surface area contributed by atoms with Gasteiger partial charge >= 0.3 is 5.69 Å². The summed E-state index contributed by atoms with van der Waals surface area (Å²) in [6.07, 6.45) is 1.58. The molecule has 0 bridgehead atoms. The number of hydrogen-bond acceptors (Lipinski definition) is 5. The average Bonchev–Trinajstić information content (AvgIpc) is 2.53. The molecule has 2 aromatic rings. The van der Waals surface area contributed by atoms with Crippen molar-refractivity contribution in [2.75, 3.05) is 5.43 Å². The van der Waals surface area contributed by atoms with Gasteiger partial charge in [-0.3, -0.25) is 19.8 Å². The standard InChI is InChI=1S/C16H20N4O3/c1-3-4-10-20-15(22)13(14(21)17-16(20)23)11(2)18-19-12-8-6-5-7-9-12/h5-9,19,22H,3-4,10H2,1-2H3,(H,17,21,23). The van der Waals surface area contributed by atoms with Crippen LogP contribution in [-0.2, 0) is 6.54 Å². The van der Waals surface area contributed by atoms with Crippen LogP contribution in [0.4, 0.5) is 5.69 Å². The Bertz CT molecular complexity index is 806. The molecule has 0 spiro atoms. The summed E-state index contributed by atoms with van der Waals surface area (Å²) in [4.78, 5) is 26.0. The molecule has 0 radical (unpaired) electrons. The maximum Gasteiger partial charge on any atom is 0.331 e. The van der Waals surface area contributed by atoms with Crippen LogP contribution in [0.25, 0.3) is 0 Å². The van der Waals surface area contributed by atoms with E-state index < -0.39 is 11.2 Å². The first kappa shape index (κ1) is 16.5. The first-order valence-corrected chi connectivity index (χ1v) is 7.46. The van der Waals surface area contributed by atoms with Gasteiger partial charge in [-0.2, -0.15) is 5.10 Å².